The van der Waals surface area contributed by atoms with E-state index in [1.54, 1.807) is 26.8 Å². The lowest BCUT2D eigenvalue weighted by Crippen LogP contribution is -2.58. The highest BCUT2D eigenvalue weighted by Crippen LogP contribution is 2.32. The minimum atomic E-state index is -4.77. The molecule has 1 aliphatic rings. The Morgan fingerprint density at radius 1 is 1.06 bits per heavy atom. The van der Waals surface area contributed by atoms with Crippen molar-refractivity contribution in [2.45, 2.75) is 56.9 Å². The molecule has 0 spiro atoms. The Kier molecular flexibility index (Phi) is 7.40. The van der Waals surface area contributed by atoms with E-state index in [9.17, 15) is 30.8 Å². The average molecular weight is 503 g/mol. The third-order valence-electron chi connectivity index (χ3n) is 5.70. The van der Waals surface area contributed by atoms with Crippen LogP contribution in [-0.2, 0) is 34.0 Å². The van der Waals surface area contributed by atoms with Crippen molar-refractivity contribution < 1.29 is 35.9 Å². The molecule has 0 aliphatic carbocycles. The molecule has 2 atom stereocenters. The van der Waals surface area contributed by atoms with Crippen LogP contribution < -0.4 is 0 Å². The van der Waals surface area contributed by atoms with E-state index < -0.39 is 45.6 Å². The highest BCUT2D eigenvalue weighted by atomic mass is 32.2. The Bertz CT molecular complexity index is 1170. The smallest absolute Gasteiger partial charge is 0.419 e. The minimum absolute atomic E-state index is 0.0145. The maximum atomic E-state index is 13.9. The van der Waals surface area contributed by atoms with Crippen molar-refractivity contribution in [3.63, 3.8) is 0 Å². The molecule has 1 aliphatic heterocycles. The second kappa shape index (κ2) is 9.63. The molecule has 1 saturated heterocycles. The SMILES string of the molecule is Cc1cc(CC(=O)O)cc(S(=O)(=O)N2[C@H](C)CN(Cc3ccc(C(F)(F)F)c(F)c3)C[C@@H]2C)c1. The maximum absolute atomic E-state index is 13.9. The van der Waals surface area contributed by atoms with Crippen LogP contribution in [-0.4, -0.2) is 53.9 Å². The van der Waals surface area contributed by atoms with Crippen molar-refractivity contribution in [2.75, 3.05) is 13.1 Å². The zero-order valence-corrected chi connectivity index (χ0v) is 19.8. The number of benzene rings is 2. The fraction of sp³-hybridized carbons (Fsp3) is 0.435. The molecule has 34 heavy (non-hydrogen) atoms. The lowest BCUT2D eigenvalue weighted by molar-refractivity contribution is -0.140. The zero-order chi connectivity index (χ0) is 25.4. The molecular weight excluding hydrogens is 476 g/mol. The predicted octanol–water partition coefficient (Wildman–Crippen LogP) is 4.06. The molecule has 2 aromatic rings. The highest BCUT2D eigenvalue weighted by Gasteiger charge is 2.39. The van der Waals surface area contributed by atoms with Gasteiger partial charge in [-0.2, -0.15) is 17.5 Å². The second-order valence-electron chi connectivity index (χ2n) is 8.76. The summed E-state index contributed by atoms with van der Waals surface area (Å²) in [4.78, 5) is 13.0. The van der Waals surface area contributed by atoms with Gasteiger partial charge in [0.25, 0.3) is 0 Å². The van der Waals surface area contributed by atoms with Crippen LogP contribution in [0.3, 0.4) is 0 Å². The molecule has 3 rings (SSSR count). The fourth-order valence-electron chi connectivity index (χ4n) is 4.54. The van der Waals surface area contributed by atoms with Crippen molar-refractivity contribution in [3.8, 4) is 0 Å². The van der Waals surface area contributed by atoms with Crippen LogP contribution in [0.4, 0.5) is 17.6 Å². The minimum Gasteiger partial charge on any atom is -0.481 e. The van der Waals surface area contributed by atoms with Crippen LogP contribution in [0, 0.1) is 12.7 Å². The van der Waals surface area contributed by atoms with Gasteiger partial charge in [0, 0.05) is 31.7 Å². The van der Waals surface area contributed by atoms with Crippen molar-refractivity contribution in [3.05, 3.63) is 64.5 Å². The van der Waals surface area contributed by atoms with E-state index in [2.05, 4.69) is 0 Å². The number of piperazine rings is 1. The first-order valence-corrected chi connectivity index (χ1v) is 12.1. The molecule has 1 N–H and O–H groups in total. The summed E-state index contributed by atoms with van der Waals surface area (Å²) >= 11 is 0. The molecule has 0 aromatic heterocycles. The molecular formula is C23H26F4N2O4S. The first kappa shape index (κ1) is 26.1. The molecule has 0 unspecified atom stereocenters. The number of aliphatic carboxylic acids is 1. The van der Waals surface area contributed by atoms with E-state index in [0.717, 1.165) is 6.07 Å². The number of rotatable bonds is 6. The molecule has 0 bridgehead atoms. The number of hydrogen-bond acceptors (Lipinski definition) is 4. The average Bonchev–Trinajstić information content (AvgIpc) is 2.65. The fourth-order valence-corrected chi connectivity index (χ4v) is 6.50. The van der Waals surface area contributed by atoms with Gasteiger partial charge in [0.2, 0.25) is 10.0 Å². The Hall–Kier alpha value is -2.50. The van der Waals surface area contributed by atoms with E-state index in [1.165, 1.54) is 22.5 Å². The van der Waals surface area contributed by atoms with Crippen molar-refractivity contribution in [1.29, 1.82) is 0 Å². The van der Waals surface area contributed by atoms with E-state index in [0.29, 0.717) is 35.8 Å². The largest absolute Gasteiger partial charge is 0.481 e. The standard InChI is InChI=1S/C23H26F4N2O4S/c1-14-6-18(10-22(30)31)8-19(7-14)34(32,33)29-15(2)11-28(12-16(29)3)13-17-4-5-20(21(24)9-17)23(25,26)27/h4-9,15-16H,10-13H2,1-3H3,(H,30,31)/t15-,16+. The number of aryl methyl sites for hydroxylation is 1. The Balaban J connectivity index is 1.79. The molecule has 0 saturated carbocycles. The third kappa shape index (κ3) is 5.76. The topological polar surface area (TPSA) is 77.9 Å². The van der Waals surface area contributed by atoms with E-state index in [-0.39, 0.29) is 17.9 Å². The Morgan fingerprint density at radius 3 is 2.21 bits per heavy atom. The Labute approximate surface area is 195 Å². The number of nitrogens with zero attached hydrogens (tertiary/aromatic N) is 2. The normalized spacial score (nSPS) is 20.4. The van der Waals surface area contributed by atoms with Gasteiger partial charge in [-0.25, -0.2) is 12.8 Å². The molecule has 6 nitrogen and oxygen atoms in total. The first-order chi connectivity index (χ1) is 15.7. The summed E-state index contributed by atoms with van der Waals surface area (Å²) in [5, 5.41) is 9.06. The molecule has 0 amide bonds. The van der Waals surface area contributed by atoms with E-state index in [4.69, 9.17) is 5.11 Å². The quantitative estimate of drug-likeness (QED) is 0.603. The first-order valence-electron chi connectivity index (χ1n) is 10.6. The van der Waals surface area contributed by atoms with Gasteiger partial charge in [-0.15, -0.1) is 0 Å². The number of carbonyl (C=O) groups is 1. The van der Waals surface area contributed by atoms with Gasteiger partial charge >= 0.3 is 12.1 Å². The molecule has 1 fully saturated rings. The van der Waals surface area contributed by atoms with Crippen LogP contribution in [0.2, 0.25) is 0 Å². The highest BCUT2D eigenvalue weighted by molar-refractivity contribution is 7.89. The Morgan fingerprint density at radius 2 is 1.68 bits per heavy atom. The maximum Gasteiger partial charge on any atom is 0.419 e. The number of alkyl halides is 3. The summed E-state index contributed by atoms with van der Waals surface area (Å²) in [5.41, 5.74) is 0.0440. The van der Waals surface area contributed by atoms with Crippen molar-refractivity contribution in [2.24, 2.45) is 0 Å². The summed E-state index contributed by atoms with van der Waals surface area (Å²) in [6.07, 6.45) is -5.07. The number of hydrogen-bond donors (Lipinski definition) is 1. The van der Waals surface area contributed by atoms with Crippen molar-refractivity contribution >= 4 is 16.0 Å². The van der Waals surface area contributed by atoms with Crippen LogP contribution in [0.1, 0.15) is 36.1 Å². The zero-order valence-electron chi connectivity index (χ0n) is 18.9. The van der Waals surface area contributed by atoms with E-state index >= 15 is 0 Å². The van der Waals surface area contributed by atoms with Gasteiger partial charge in [0.1, 0.15) is 5.82 Å². The third-order valence-corrected chi connectivity index (χ3v) is 7.81. The summed E-state index contributed by atoms with van der Waals surface area (Å²) in [7, 11) is -3.94. The van der Waals surface area contributed by atoms with Crippen LogP contribution in [0.5, 0.6) is 0 Å². The molecule has 1 heterocycles. The predicted molar refractivity (Wildman–Crippen MR) is 117 cm³/mol. The molecule has 186 valence electrons. The summed E-state index contributed by atoms with van der Waals surface area (Å²) in [5.74, 6) is -2.41. The number of carboxylic acids is 1. The summed E-state index contributed by atoms with van der Waals surface area (Å²) in [6.45, 7) is 5.90. The van der Waals surface area contributed by atoms with Gasteiger partial charge < -0.3 is 5.11 Å². The number of halogens is 4. The molecule has 2 aromatic carbocycles. The lowest BCUT2D eigenvalue weighted by Gasteiger charge is -2.43. The molecule has 11 heteroatoms. The van der Waals surface area contributed by atoms with E-state index in [1.807, 2.05) is 4.90 Å². The van der Waals surface area contributed by atoms with Gasteiger partial charge in [-0.3, -0.25) is 9.69 Å². The molecule has 0 radical (unpaired) electrons. The van der Waals surface area contributed by atoms with Gasteiger partial charge in [0.15, 0.2) is 0 Å². The van der Waals surface area contributed by atoms with Crippen LogP contribution in [0.15, 0.2) is 41.3 Å². The summed E-state index contributed by atoms with van der Waals surface area (Å²) < 4.78 is 80.6. The number of carboxylic acid groups (broad SMARTS) is 1. The van der Waals surface area contributed by atoms with Crippen LogP contribution >= 0.6 is 0 Å². The van der Waals surface area contributed by atoms with Gasteiger partial charge in [-0.05, 0) is 61.7 Å². The lowest BCUT2D eigenvalue weighted by atomic mass is 10.1. The van der Waals surface area contributed by atoms with Gasteiger partial charge in [-0.1, -0.05) is 12.1 Å². The monoisotopic (exact) mass is 502 g/mol. The van der Waals surface area contributed by atoms with Crippen molar-refractivity contribution in [1.82, 2.24) is 9.21 Å². The van der Waals surface area contributed by atoms with Crippen LogP contribution in [0.25, 0.3) is 0 Å². The summed E-state index contributed by atoms with van der Waals surface area (Å²) in [6, 6.07) is 6.34. The number of sulfonamides is 1. The van der Waals surface area contributed by atoms with Gasteiger partial charge in [0.05, 0.1) is 16.9 Å². The second-order valence-corrected chi connectivity index (χ2v) is 10.6.